The molecule has 1 saturated carbocycles. The predicted molar refractivity (Wildman–Crippen MR) is 145 cm³/mol. The summed E-state index contributed by atoms with van der Waals surface area (Å²) in [5.74, 6) is 0.797. The van der Waals surface area contributed by atoms with Crippen LogP contribution < -0.4 is 4.74 Å². The van der Waals surface area contributed by atoms with Crippen molar-refractivity contribution in [3.05, 3.63) is 65.7 Å². The van der Waals surface area contributed by atoms with Crippen LogP contribution in [0.5, 0.6) is 5.75 Å². The van der Waals surface area contributed by atoms with Crippen LogP contribution in [0.4, 0.5) is 4.79 Å². The van der Waals surface area contributed by atoms with Gasteiger partial charge in [0.25, 0.3) is 0 Å². The maximum absolute atomic E-state index is 13.8. The maximum Gasteiger partial charge on any atom is 0.321 e. The summed E-state index contributed by atoms with van der Waals surface area (Å²) in [6, 6.07) is 18.5. The lowest BCUT2D eigenvalue weighted by molar-refractivity contribution is -0.176. The zero-order valence-electron chi connectivity index (χ0n) is 23.2. The molecule has 2 aliphatic rings. The summed E-state index contributed by atoms with van der Waals surface area (Å²) in [6.45, 7) is 7.07. The normalized spacial score (nSPS) is 25.2. The molecular weight excluding hydrogens is 466 g/mol. The van der Waals surface area contributed by atoms with E-state index >= 15 is 0 Å². The monoisotopic (exact) mass is 509 g/mol. The molecule has 2 fully saturated rings. The van der Waals surface area contributed by atoms with Crippen molar-refractivity contribution in [2.24, 2.45) is 0 Å². The average Bonchev–Trinajstić information content (AvgIpc) is 3.09. The molecular formula is C30H43N3O4. The lowest BCUT2D eigenvalue weighted by Crippen LogP contribution is -2.57. The molecule has 7 nitrogen and oxygen atoms in total. The maximum atomic E-state index is 13.8. The van der Waals surface area contributed by atoms with Gasteiger partial charge in [-0.1, -0.05) is 42.5 Å². The van der Waals surface area contributed by atoms with Gasteiger partial charge in [0.15, 0.2) is 6.29 Å². The second kappa shape index (κ2) is 10.6. The summed E-state index contributed by atoms with van der Waals surface area (Å²) < 4.78 is 11.1. The second-order valence-corrected chi connectivity index (χ2v) is 11.8. The van der Waals surface area contributed by atoms with Gasteiger partial charge in [-0.3, -0.25) is 4.90 Å². The van der Waals surface area contributed by atoms with E-state index in [1.54, 1.807) is 7.11 Å². The Hall–Kier alpha value is -2.61. The summed E-state index contributed by atoms with van der Waals surface area (Å²) in [6.07, 6.45) is 2.53. The van der Waals surface area contributed by atoms with E-state index in [9.17, 15) is 9.90 Å². The number of carbonyl (C=O) groups excluding carboxylic acids is 1. The van der Waals surface area contributed by atoms with Gasteiger partial charge in [-0.15, -0.1) is 0 Å². The number of urea groups is 1. The molecule has 0 bridgehead atoms. The summed E-state index contributed by atoms with van der Waals surface area (Å²) in [4.78, 5) is 20.0. The minimum Gasteiger partial charge on any atom is -0.497 e. The van der Waals surface area contributed by atoms with Crippen molar-refractivity contribution in [1.29, 1.82) is 0 Å². The number of hydrogen-bond acceptors (Lipinski definition) is 5. The number of benzene rings is 2. The van der Waals surface area contributed by atoms with Crippen molar-refractivity contribution < 1.29 is 19.4 Å². The third-order valence-corrected chi connectivity index (χ3v) is 8.10. The van der Waals surface area contributed by atoms with Crippen LogP contribution in [0.2, 0.25) is 0 Å². The highest BCUT2D eigenvalue weighted by atomic mass is 16.6. The van der Waals surface area contributed by atoms with Gasteiger partial charge in [0, 0.05) is 18.6 Å². The number of aliphatic hydroxyl groups is 1. The number of carbonyl (C=O) groups is 1. The number of β-amino-alcohol motifs (C(OH)–C–C–N with tert-alkyl or cyclic N) is 1. The second-order valence-electron chi connectivity index (χ2n) is 11.8. The molecule has 0 radical (unpaired) electrons. The summed E-state index contributed by atoms with van der Waals surface area (Å²) in [7, 11) is 5.96. The molecule has 1 heterocycles. The Morgan fingerprint density at radius 3 is 2.16 bits per heavy atom. The van der Waals surface area contributed by atoms with Gasteiger partial charge in [-0.25, -0.2) is 4.79 Å². The standard InChI is InChI=1S/C30H43N3O4/c1-28(2,3)37-26(34)21-33-27(35)32(20-23-12-14-25(36-6)15-13-23)22-29(33)16-18-30(19-17-29,31(4)5)24-10-8-7-9-11-24/h7-15,26,34H,16-22H2,1-6H3. The average molecular weight is 510 g/mol. The largest absolute Gasteiger partial charge is 0.497 e. The topological polar surface area (TPSA) is 65.5 Å². The van der Waals surface area contributed by atoms with E-state index in [1.165, 1.54) is 5.56 Å². The van der Waals surface area contributed by atoms with E-state index in [1.807, 2.05) is 54.8 Å². The van der Waals surface area contributed by atoms with Crippen molar-refractivity contribution >= 4 is 6.03 Å². The van der Waals surface area contributed by atoms with Crippen molar-refractivity contribution in [2.45, 2.75) is 76.0 Å². The molecule has 4 rings (SSSR count). The molecule has 1 N–H and O–H groups in total. The molecule has 1 unspecified atom stereocenters. The van der Waals surface area contributed by atoms with Crippen LogP contribution in [0.25, 0.3) is 0 Å². The molecule has 1 aliphatic carbocycles. The van der Waals surface area contributed by atoms with Crippen LogP contribution in [0.3, 0.4) is 0 Å². The molecule has 1 spiro atoms. The smallest absolute Gasteiger partial charge is 0.321 e. The Balaban J connectivity index is 1.59. The fourth-order valence-electron chi connectivity index (χ4n) is 6.13. The molecule has 1 saturated heterocycles. The zero-order chi connectivity index (χ0) is 26.8. The number of amides is 2. The summed E-state index contributed by atoms with van der Waals surface area (Å²) in [5.41, 5.74) is 1.45. The van der Waals surface area contributed by atoms with E-state index in [0.29, 0.717) is 13.1 Å². The highest BCUT2D eigenvalue weighted by Crippen LogP contribution is 2.49. The lowest BCUT2D eigenvalue weighted by atomic mass is 9.68. The number of hydrogen-bond donors (Lipinski definition) is 1. The van der Waals surface area contributed by atoms with Crippen LogP contribution in [0.1, 0.15) is 57.6 Å². The first kappa shape index (κ1) is 27.4. The van der Waals surface area contributed by atoms with E-state index < -0.39 is 11.9 Å². The number of ether oxygens (including phenoxy) is 2. The number of nitrogens with zero attached hydrogens (tertiary/aromatic N) is 3. The highest BCUT2D eigenvalue weighted by Gasteiger charge is 2.54. The van der Waals surface area contributed by atoms with Gasteiger partial charge in [0.2, 0.25) is 0 Å². The minimum absolute atomic E-state index is 0.0376. The van der Waals surface area contributed by atoms with Crippen LogP contribution in [-0.2, 0) is 16.8 Å². The quantitative estimate of drug-likeness (QED) is 0.516. The Morgan fingerprint density at radius 1 is 1.00 bits per heavy atom. The summed E-state index contributed by atoms with van der Waals surface area (Å²) >= 11 is 0. The van der Waals surface area contributed by atoms with Crippen molar-refractivity contribution in [3.8, 4) is 5.75 Å². The molecule has 7 heteroatoms. The van der Waals surface area contributed by atoms with E-state index in [0.717, 1.165) is 37.0 Å². The first-order valence-corrected chi connectivity index (χ1v) is 13.3. The molecule has 202 valence electrons. The van der Waals surface area contributed by atoms with Crippen LogP contribution in [0, 0.1) is 0 Å². The van der Waals surface area contributed by atoms with Gasteiger partial charge in [0.1, 0.15) is 5.75 Å². The third-order valence-electron chi connectivity index (χ3n) is 8.10. The molecule has 37 heavy (non-hydrogen) atoms. The van der Waals surface area contributed by atoms with Crippen molar-refractivity contribution in [3.63, 3.8) is 0 Å². The van der Waals surface area contributed by atoms with E-state index in [4.69, 9.17) is 9.47 Å². The minimum atomic E-state index is -1.04. The Morgan fingerprint density at radius 2 is 1.62 bits per heavy atom. The lowest BCUT2D eigenvalue weighted by Gasteiger charge is -2.51. The predicted octanol–water partition coefficient (Wildman–Crippen LogP) is 4.84. The zero-order valence-corrected chi connectivity index (χ0v) is 23.2. The van der Waals surface area contributed by atoms with Crippen molar-refractivity contribution in [1.82, 2.24) is 14.7 Å². The number of aliphatic hydroxyl groups excluding tert-OH is 1. The van der Waals surface area contributed by atoms with Crippen molar-refractivity contribution in [2.75, 3.05) is 34.3 Å². The molecule has 2 aromatic carbocycles. The fourth-order valence-corrected chi connectivity index (χ4v) is 6.13. The first-order valence-electron chi connectivity index (χ1n) is 13.3. The molecule has 2 aromatic rings. The summed E-state index contributed by atoms with van der Waals surface area (Å²) in [5, 5.41) is 10.8. The Kier molecular flexibility index (Phi) is 7.88. The van der Waals surface area contributed by atoms with Gasteiger partial charge < -0.3 is 24.4 Å². The van der Waals surface area contributed by atoms with Gasteiger partial charge in [-0.05, 0) is 83.8 Å². The first-order chi connectivity index (χ1) is 17.5. The Bertz CT molecular complexity index is 1040. The third kappa shape index (κ3) is 5.79. The molecule has 2 amide bonds. The van der Waals surface area contributed by atoms with Gasteiger partial charge >= 0.3 is 6.03 Å². The van der Waals surface area contributed by atoms with E-state index in [-0.39, 0.29) is 23.7 Å². The molecule has 0 aromatic heterocycles. The number of rotatable bonds is 8. The fraction of sp³-hybridized carbons (Fsp3) is 0.567. The van der Waals surface area contributed by atoms with Crippen LogP contribution in [0.15, 0.2) is 54.6 Å². The molecule has 1 atom stereocenters. The van der Waals surface area contributed by atoms with Crippen LogP contribution in [-0.4, -0.2) is 77.6 Å². The molecule has 1 aliphatic heterocycles. The highest BCUT2D eigenvalue weighted by molar-refractivity contribution is 5.78. The Labute approximate surface area is 222 Å². The number of methoxy groups -OCH3 is 1. The van der Waals surface area contributed by atoms with E-state index in [2.05, 4.69) is 49.3 Å². The van der Waals surface area contributed by atoms with Crippen LogP contribution >= 0.6 is 0 Å². The van der Waals surface area contributed by atoms with Gasteiger partial charge in [0.05, 0.1) is 24.8 Å². The van der Waals surface area contributed by atoms with Gasteiger partial charge in [-0.2, -0.15) is 0 Å². The SMILES string of the molecule is COc1ccc(CN2CC3(CCC(c4ccccc4)(N(C)C)CC3)N(CC(O)OC(C)(C)C)C2=O)cc1.